The van der Waals surface area contributed by atoms with Crippen molar-refractivity contribution in [3.8, 4) is 11.5 Å². The van der Waals surface area contributed by atoms with Crippen LogP contribution in [0.3, 0.4) is 0 Å². The Hall–Kier alpha value is -4.18. The van der Waals surface area contributed by atoms with E-state index in [1.165, 1.54) is 16.3 Å². The molecule has 0 radical (unpaired) electrons. The van der Waals surface area contributed by atoms with Crippen molar-refractivity contribution in [2.45, 2.75) is 32.6 Å². The molecule has 0 spiro atoms. The van der Waals surface area contributed by atoms with Gasteiger partial charge in [-0.2, -0.15) is 0 Å². The van der Waals surface area contributed by atoms with Gasteiger partial charge in [0.25, 0.3) is 0 Å². The van der Waals surface area contributed by atoms with Gasteiger partial charge in [0.1, 0.15) is 5.52 Å². The third-order valence-electron chi connectivity index (χ3n) is 7.54. The van der Waals surface area contributed by atoms with Crippen LogP contribution in [0.25, 0.3) is 33.3 Å². The van der Waals surface area contributed by atoms with Crippen LogP contribution in [0.2, 0.25) is 0 Å². The van der Waals surface area contributed by atoms with Crippen LogP contribution in [0.4, 0.5) is 5.69 Å². The fraction of sp³-hybridized carbons (Fsp3) is 0.188. The Bertz CT molecular complexity index is 1670. The van der Waals surface area contributed by atoms with E-state index in [-0.39, 0.29) is 17.1 Å². The van der Waals surface area contributed by atoms with Crippen LogP contribution in [0.5, 0.6) is 0 Å². The molecule has 4 heteroatoms. The Labute approximate surface area is 209 Å². The first-order chi connectivity index (χ1) is 17.5. The van der Waals surface area contributed by atoms with Crippen molar-refractivity contribution >= 4 is 33.3 Å². The summed E-state index contributed by atoms with van der Waals surface area (Å²) in [7, 11) is 0. The molecule has 5 aromatic rings. The molecular weight excluding hydrogens is 444 g/mol. The highest BCUT2D eigenvalue weighted by molar-refractivity contribution is 6.04. The zero-order chi connectivity index (χ0) is 24.4. The third-order valence-corrected chi connectivity index (χ3v) is 7.54. The molecule has 0 amide bonds. The number of oxazole rings is 1. The number of carbonyl (C=O) groups is 1. The topological polar surface area (TPSA) is 55.1 Å². The Morgan fingerprint density at radius 3 is 2.50 bits per heavy atom. The summed E-state index contributed by atoms with van der Waals surface area (Å²) < 4.78 is 5.99. The summed E-state index contributed by atoms with van der Waals surface area (Å²) in [6.07, 6.45) is 1.42. The van der Waals surface area contributed by atoms with Gasteiger partial charge in [0, 0.05) is 34.9 Å². The van der Waals surface area contributed by atoms with Gasteiger partial charge in [-0.15, -0.1) is 0 Å². The zero-order valence-electron chi connectivity index (χ0n) is 20.3. The van der Waals surface area contributed by atoms with Gasteiger partial charge in [0.2, 0.25) is 5.89 Å². The smallest absolute Gasteiger partial charge is 0.227 e. The molecule has 4 nitrogen and oxygen atoms in total. The second kappa shape index (κ2) is 7.66. The van der Waals surface area contributed by atoms with E-state index in [2.05, 4.69) is 84.8 Å². The Morgan fingerprint density at radius 1 is 0.889 bits per heavy atom. The van der Waals surface area contributed by atoms with Crippen LogP contribution in [-0.2, 0) is 4.79 Å². The second-order valence-corrected chi connectivity index (χ2v) is 10.7. The molecule has 0 bridgehead atoms. The van der Waals surface area contributed by atoms with Gasteiger partial charge in [-0.3, -0.25) is 4.79 Å². The Balaban J connectivity index is 1.40. The molecule has 1 aliphatic heterocycles. The lowest BCUT2D eigenvalue weighted by Gasteiger charge is -2.40. The van der Waals surface area contributed by atoms with Gasteiger partial charge in [-0.25, -0.2) is 4.98 Å². The normalized spacial score (nSPS) is 18.7. The number of ketones is 1. The SMILES string of the molecule is CC1(C)CC(=O)C2=C(C1)Nc1ccc3ccccc3c1C2c1ccc(-c2nc3ccccc3o2)cc1. The lowest BCUT2D eigenvalue weighted by Crippen LogP contribution is -2.33. The monoisotopic (exact) mass is 470 g/mol. The average molecular weight is 471 g/mol. The molecule has 1 unspecified atom stereocenters. The predicted molar refractivity (Wildman–Crippen MR) is 144 cm³/mol. The number of benzene rings is 4. The van der Waals surface area contributed by atoms with Gasteiger partial charge in [0.15, 0.2) is 11.4 Å². The minimum absolute atomic E-state index is 0.0569. The highest BCUT2D eigenvalue weighted by Crippen LogP contribution is 2.51. The summed E-state index contributed by atoms with van der Waals surface area (Å²) in [5.74, 6) is 0.721. The predicted octanol–water partition coefficient (Wildman–Crippen LogP) is 7.85. The van der Waals surface area contributed by atoms with Crippen LogP contribution < -0.4 is 5.32 Å². The minimum Gasteiger partial charge on any atom is -0.436 e. The van der Waals surface area contributed by atoms with Crippen molar-refractivity contribution in [3.63, 3.8) is 0 Å². The highest BCUT2D eigenvalue weighted by atomic mass is 16.3. The third kappa shape index (κ3) is 3.29. The number of para-hydroxylation sites is 2. The van der Waals surface area contributed by atoms with Gasteiger partial charge in [-0.05, 0) is 64.1 Å². The molecule has 2 heterocycles. The summed E-state index contributed by atoms with van der Waals surface area (Å²) in [4.78, 5) is 18.3. The van der Waals surface area contributed by atoms with Crippen LogP contribution in [0.1, 0.15) is 43.7 Å². The fourth-order valence-electron chi connectivity index (χ4n) is 5.95. The van der Waals surface area contributed by atoms with Crippen LogP contribution in [0, 0.1) is 5.41 Å². The standard InChI is InChI=1S/C32H26N2O2/c1-32(2)17-25-30(26(35)18-32)28(29-22-8-4-3-7-19(22)15-16-24(29)33-25)20-11-13-21(14-12-20)31-34-23-9-5-6-10-27(23)36-31/h3-16,28,33H,17-18H2,1-2H3. The van der Waals surface area contributed by atoms with Crippen LogP contribution in [-0.4, -0.2) is 10.8 Å². The number of anilines is 1. The molecule has 36 heavy (non-hydrogen) atoms. The molecular formula is C32H26N2O2. The van der Waals surface area contributed by atoms with Crippen LogP contribution >= 0.6 is 0 Å². The number of carbonyl (C=O) groups excluding carboxylic acids is 1. The number of Topliss-reactive ketones (excluding diaryl/α,β-unsaturated/α-hetero) is 1. The molecule has 0 saturated carbocycles. The van der Waals surface area contributed by atoms with E-state index in [0.717, 1.165) is 45.6 Å². The van der Waals surface area contributed by atoms with E-state index < -0.39 is 0 Å². The van der Waals surface area contributed by atoms with E-state index in [9.17, 15) is 4.79 Å². The van der Waals surface area contributed by atoms with E-state index in [1.807, 2.05) is 24.3 Å². The van der Waals surface area contributed by atoms with Crippen LogP contribution in [0.15, 0.2) is 101 Å². The molecule has 1 N–H and O–H groups in total. The second-order valence-electron chi connectivity index (χ2n) is 10.7. The minimum atomic E-state index is -0.122. The molecule has 1 aliphatic carbocycles. The molecule has 7 rings (SSSR count). The molecule has 4 aromatic carbocycles. The Kier molecular flexibility index (Phi) is 4.50. The number of aromatic nitrogens is 1. The number of hydrogen-bond acceptors (Lipinski definition) is 4. The molecule has 0 saturated heterocycles. The number of rotatable bonds is 2. The first kappa shape index (κ1) is 21.1. The number of allylic oxidation sites excluding steroid dienone is 2. The summed E-state index contributed by atoms with van der Waals surface area (Å²) in [5.41, 5.74) is 7.84. The van der Waals surface area contributed by atoms with Crippen molar-refractivity contribution < 1.29 is 9.21 Å². The first-order valence-electron chi connectivity index (χ1n) is 12.5. The number of nitrogens with one attached hydrogen (secondary N) is 1. The van der Waals surface area contributed by atoms with E-state index in [0.29, 0.717) is 12.3 Å². The summed E-state index contributed by atoms with van der Waals surface area (Å²) in [6.45, 7) is 4.35. The molecule has 1 aromatic heterocycles. The quantitative estimate of drug-likeness (QED) is 0.285. The molecule has 0 fully saturated rings. The maximum atomic E-state index is 13.6. The first-order valence-corrected chi connectivity index (χ1v) is 12.5. The van der Waals surface area contributed by atoms with Crippen molar-refractivity contribution in [1.29, 1.82) is 0 Å². The average Bonchev–Trinajstić information content (AvgIpc) is 3.31. The van der Waals surface area contributed by atoms with E-state index >= 15 is 0 Å². The van der Waals surface area contributed by atoms with Gasteiger partial charge in [0.05, 0.1) is 0 Å². The Morgan fingerprint density at radius 2 is 1.67 bits per heavy atom. The summed E-state index contributed by atoms with van der Waals surface area (Å²) >= 11 is 0. The van der Waals surface area contributed by atoms with Crippen molar-refractivity contribution in [3.05, 3.63) is 107 Å². The van der Waals surface area contributed by atoms with Gasteiger partial charge in [-0.1, -0.05) is 68.4 Å². The van der Waals surface area contributed by atoms with Crippen molar-refractivity contribution in [2.75, 3.05) is 5.32 Å². The fourth-order valence-corrected chi connectivity index (χ4v) is 5.95. The van der Waals surface area contributed by atoms with E-state index in [4.69, 9.17) is 4.42 Å². The lowest BCUT2D eigenvalue weighted by molar-refractivity contribution is -0.118. The number of fused-ring (bicyclic) bond motifs is 4. The van der Waals surface area contributed by atoms with Crippen molar-refractivity contribution in [2.24, 2.45) is 5.41 Å². The molecule has 2 aliphatic rings. The largest absolute Gasteiger partial charge is 0.436 e. The summed E-state index contributed by atoms with van der Waals surface area (Å²) in [5, 5.41) is 6.02. The summed E-state index contributed by atoms with van der Waals surface area (Å²) in [6, 6.07) is 28.9. The molecule has 176 valence electrons. The maximum Gasteiger partial charge on any atom is 0.227 e. The lowest BCUT2D eigenvalue weighted by atomic mass is 9.68. The van der Waals surface area contributed by atoms with E-state index in [1.54, 1.807) is 0 Å². The number of nitrogens with zero attached hydrogens (tertiary/aromatic N) is 1. The van der Waals surface area contributed by atoms with Crippen molar-refractivity contribution in [1.82, 2.24) is 4.98 Å². The highest BCUT2D eigenvalue weighted by Gasteiger charge is 2.41. The number of hydrogen-bond donors (Lipinski definition) is 1. The zero-order valence-corrected chi connectivity index (χ0v) is 20.3. The van der Waals surface area contributed by atoms with Gasteiger partial charge >= 0.3 is 0 Å². The maximum absolute atomic E-state index is 13.6. The molecule has 1 atom stereocenters. The van der Waals surface area contributed by atoms with Gasteiger partial charge < -0.3 is 9.73 Å².